The number of rotatable bonds is 1. The average molecular weight is 318 g/mol. The molecule has 0 bridgehead atoms. The van der Waals surface area contributed by atoms with Crippen molar-refractivity contribution in [2.75, 3.05) is 13.2 Å². The smallest absolute Gasteiger partial charge is 0.184 e. The van der Waals surface area contributed by atoms with Gasteiger partial charge in [0.05, 0.1) is 24.4 Å². The largest absolute Gasteiger partial charge is 0.376 e. The van der Waals surface area contributed by atoms with Crippen molar-refractivity contribution in [3.8, 4) is 0 Å². The van der Waals surface area contributed by atoms with Gasteiger partial charge in [0.15, 0.2) is 6.29 Å². The lowest BCUT2D eigenvalue weighted by Crippen LogP contribution is -2.55. The van der Waals surface area contributed by atoms with Gasteiger partial charge in [0.25, 0.3) is 0 Å². The van der Waals surface area contributed by atoms with Gasteiger partial charge in [0, 0.05) is 12.2 Å². The second kappa shape index (κ2) is 6.52. The van der Waals surface area contributed by atoms with E-state index in [9.17, 15) is 0 Å². The molecule has 4 heteroatoms. The highest BCUT2D eigenvalue weighted by Crippen LogP contribution is 2.40. The van der Waals surface area contributed by atoms with Crippen LogP contribution in [-0.4, -0.2) is 37.1 Å². The Hall–Kier alpha value is -0.940. The maximum atomic E-state index is 6.41. The SMILES string of the molecule is C[C@]12CCC[C@H]3OCCC[C@@H]3O[C@@H]1CO[C@@H](c1ccccc1)O2. The molecule has 0 aromatic heterocycles. The lowest BCUT2D eigenvalue weighted by molar-refractivity contribution is -0.323. The summed E-state index contributed by atoms with van der Waals surface area (Å²) in [7, 11) is 0. The standard InChI is InChI=1S/C19H26O4/c1-19-11-5-9-15-16(10-6-12-20-15)22-17(19)13-21-18(23-19)14-7-3-2-4-8-14/h2-4,7-8,15-18H,5-6,9-13H2,1H3/t15-,16+,17-,18-,19+/m1/s1. The van der Waals surface area contributed by atoms with Gasteiger partial charge in [-0.1, -0.05) is 30.3 Å². The van der Waals surface area contributed by atoms with Crippen molar-refractivity contribution in [1.29, 1.82) is 0 Å². The molecule has 0 unspecified atom stereocenters. The fourth-order valence-corrected chi connectivity index (χ4v) is 3.99. The molecule has 1 aromatic rings. The first kappa shape index (κ1) is 15.6. The van der Waals surface area contributed by atoms with Gasteiger partial charge in [-0.2, -0.15) is 0 Å². The van der Waals surface area contributed by atoms with Crippen LogP contribution in [0.3, 0.4) is 0 Å². The zero-order chi connectivity index (χ0) is 15.7. The van der Waals surface area contributed by atoms with Crippen molar-refractivity contribution < 1.29 is 18.9 Å². The van der Waals surface area contributed by atoms with Crippen LogP contribution >= 0.6 is 0 Å². The number of benzene rings is 1. The van der Waals surface area contributed by atoms with Gasteiger partial charge in [0.2, 0.25) is 0 Å². The van der Waals surface area contributed by atoms with Crippen molar-refractivity contribution in [1.82, 2.24) is 0 Å². The van der Waals surface area contributed by atoms with E-state index in [-0.39, 0.29) is 30.2 Å². The van der Waals surface area contributed by atoms with Crippen LogP contribution in [0.15, 0.2) is 30.3 Å². The first-order valence-corrected chi connectivity index (χ1v) is 8.86. The summed E-state index contributed by atoms with van der Waals surface area (Å²) in [6.45, 7) is 3.63. The molecule has 0 saturated carbocycles. The van der Waals surface area contributed by atoms with Crippen LogP contribution < -0.4 is 0 Å². The van der Waals surface area contributed by atoms with Crippen LogP contribution in [0.5, 0.6) is 0 Å². The van der Waals surface area contributed by atoms with Crippen molar-refractivity contribution in [3.63, 3.8) is 0 Å². The molecule has 3 saturated heterocycles. The first-order chi connectivity index (χ1) is 11.2. The fraction of sp³-hybridized carbons (Fsp3) is 0.684. The molecule has 4 rings (SSSR count). The van der Waals surface area contributed by atoms with Crippen molar-refractivity contribution in [2.24, 2.45) is 0 Å². The van der Waals surface area contributed by atoms with E-state index in [1.807, 2.05) is 18.2 Å². The van der Waals surface area contributed by atoms with Crippen LogP contribution in [0.4, 0.5) is 0 Å². The summed E-state index contributed by atoms with van der Waals surface area (Å²) in [6, 6.07) is 10.2. The zero-order valence-electron chi connectivity index (χ0n) is 13.8. The maximum Gasteiger partial charge on any atom is 0.184 e. The third-order valence-corrected chi connectivity index (χ3v) is 5.41. The zero-order valence-corrected chi connectivity index (χ0v) is 13.8. The van der Waals surface area contributed by atoms with Crippen LogP contribution in [0.1, 0.15) is 50.9 Å². The van der Waals surface area contributed by atoms with Gasteiger partial charge < -0.3 is 18.9 Å². The Morgan fingerprint density at radius 1 is 1.00 bits per heavy atom. The summed E-state index contributed by atoms with van der Waals surface area (Å²) < 4.78 is 24.7. The van der Waals surface area contributed by atoms with E-state index in [1.165, 1.54) is 0 Å². The summed E-state index contributed by atoms with van der Waals surface area (Å²) in [5, 5.41) is 0. The number of ether oxygens (including phenoxy) is 4. The molecule has 3 fully saturated rings. The Balaban J connectivity index is 1.51. The second-order valence-electron chi connectivity index (χ2n) is 7.11. The molecule has 3 aliphatic heterocycles. The lowest BCUT2D eigenvalue weighted by Gasteiger charge is -2.48. The predicted molar refractivity (Wildman–Crippen MR) is 86.1 cm³/mol. The van der Waals surface area contributed by atoms with E-state index in [0.717, 1.165) is 44.3 Å². The number of hydrogen-bond acceptors (Lipinski definition) is 4. The van der Waals surface area contributed by atoms with Crippen molar-refractivity contribution in [3.05, 3.63) is 35.9 Å². The molecule has 5 atom stereocenters. The minimum Gasteiger partial charge on any atom is -0.376 e. The number of fused-ring (bicyclic) bond motifs is 2. The van der Waals surface area contributed by atoms with E-state index in [1.54, 1.807) is 0 Å². The Bertz CT molecular complexity index is 519. The third-order valence-electron chi connectivity index (χ3n) is 5.41. The van der Waals surface area contributed by atoms with Gasteiger partial charge in [-0.25, -0.2) is 0 Å². The Morgan fingerprint density at radius 2 is 1.83 bits per heavy atom. The minimum atomic E-state index is -0.293. The van der Waals surface area contributed by atoms with Gasteiger partial charge in [0.1, 0.15) is 6.10 Å². The molecule has 1 aromatic carbocycles. The molecule has 4 nitrogen and oxygen atoms in total. The predicted octanol–water partition coefficient (Wildman–Crippen LogP) is 3.61. The van der Waals surface area contributed by atoms with E-state index in [4.69, 9.17) is 18.9 Å². The van der Waals surface area contributed by atoms with Crippen LogP contribution in [-0.2, 0) is 18.9 Å². The molecule has 0 spiro atoms. The monoisotopic (exact) mass is 318 g/mol. The van der Waals surface area contributed by atoms with Gasteiger partial charge in [-0.05, 0) is 39.0 Å². The molecule has 23 heavy (non-hydrogen) atoms. The molecular weight excluding hydrogens is 292 g/mol. The Labute approximate surface area is 138 Å². The minimum absolute atomic E-state index is 0.0167. The van der Waals surface area contributed by atoms with Crippen LogP contribution in [0, 0.1) is 0 Å². The normalized spacial score (nSPS) is 41.3. The number of hydrogen-bond donors (Lipinski definition) is 0. The summed E-state index contributed by atoms with van der Waals surface area (Å²) >= 11 is 0. The second-order valence-corrected chi connectivity index (χ2v) is 7.11. The van der Waals surface area contributed by atoms with Crippen LogP contribution in [0.2, 0.25) is 0 Å². The molecule has 3 aliphatic rings. The van der Waals surface area contributed by atoms with Crippen molar-refractivity contribution in [2.45, 2.75) is 69.2 Å². The molecule has 3 heterocycles. The highest BCUT2D eigenvalue weighted by atomic mass is 16.7. The molecule has 0 N–H and O–H groups in total. The molecule has 0 radical (unpaired) electrons. The summed E-state index contributed by atoms with van der Waals surface area (Å²) in [4.78, 5) is 0. The summed E-state index contributed by atoms with van der Waals surface area (Å²) in [6.07, 6.45) is 5.45. The van der Waals surface area contributed by atoms with E-state index in [2.05, 4.69) is 19.1 Å². The van der Waals surface area contributed by atoms with Crippen LogP contribution in [0.25, 0.3) is 0 Å². The van der Waals surface area contributed by atoms with E-state index in [0.29, 0.717) is 6.61 Å². The van der Waals surface area contributed by atoms with Gasteiger partial charge in [-0.15, -0.1) is 0 Å². The quantitative estimate of drug-likeness (QED) is 0.793. The fourth-order valence-electron chi connectivity index (χ4n) is 3.99. The summed E-state index contributed by atoms with van der Waals surface area (Å²) in [5.41, 5.74) is 0.786. The highest BCUT2D eigenvalue weighted by molar-refractivity contribution is 5.17. The lowest BCUT2D eigenvalue weighted by atomic mass is 9.87. The first-order valence-electron chi connectivity index (χ1n) is 8.86. The van der Waals surface area contributed by atoms with Gasteiger partial charge >= 0.3 is 0 Å². The molecule has 0 amide bonds. The van der Waals surface area contributed by atoms with E-state index >= 15 is 0 Å². The molecule has 0 aliphatic carbocycles. The average Bonchev–Trinajstić information content (AvgIpc) is 2.57. The Kier molecular flexibility index (Phi) is 4.41. The maximum absolute atomic E-state index is 6.41. The highest BCUT2D eigenvalue weighted by Gasteiger charge is 2.46. The third kappa shape index (κ3) is 3.18. The Morgan fingerprint density at radius 3 is 2.70 bits per heavy atom. The summed E-state index contributed by atoms with van der Waals surface area (Å²) in [5.74, 6) is 0. The molecular formula is C19H26O4. The topological polar surface area (TPSA) is 36.9 Å². The van der Waals surface area contributed by atoms with E-state index < -0.39 is 0 Å². The van der Waals surface area contributed by atoms with Crippen molar-refractivity contribution >= 4 is 0 Å². The van der Waals surface area contributed by atoms with Gasteiger partial charge in [-0.3, -0.25) is 0 Å². The molecule has 126 valence electrons.